The number of rotatable bonds is 2. The Balaban J connectivity index is -0.000000245. The van der Waals surface area contributed by atoms with Crippen LogP contribution in [0.25, 0.3) is 0 Å². The number of hydrogen-bond donors (Lipinski definition) is 1. The summed E-state index contributed by atoms with van der Waals surface area (Å²) in [7, 11) is -2.59. The fourth-order valence-electron chi connectivity index (χ4n) is 0.108. The number of carboxylic acids is 1. The van der Waals surface area contributed by atoms with Gasteiger partial charge in [-0.05, 0) is 0 Å². The van der Waals surface area contributed by atoms with Crippen LogP contribution in [-0.4, -0.2) is 26.0 Å². The van der Waals surface area contributed by atoms with E-state index in [0.29, 0.717) is 0 Å². The molecule has 0 bridgehead atoms. The second-order valence-corrected chi connectivity index (χ2v) is 1.59. The second-order valence-electron chi connectivity index (χ2n) is 0.898. The molecule has 0 aromatic rings. The van der Waals surface area contributed by atoms with Crippen LogP contribution in [0.15, 0.2) is 4.36 Å². The summed E-state index contributed by atoms with van der Waals surface area (Å²) in [5.74, 6) is -1.26. The van der Waals surface area contributed by atoms with Crippen molar-refractivity contribution in [3.63, 3.8) is 0 Å². The van der Waals surface area contributed by atoms with Crippen LogP contribution in [0.5, 0.6) is 0 Å². The van der Waals surface area contributed by atoms with Gasteiger partial charge in [-0.25, -0.2) is 0 Å². The van der Waals surface area contributed by atoms with Crippen LogP contribution in [-0.2, 0) is 15.3 Å². The summed E-state index contributed by atoms with van der Waals surface area (Å²) in [4.78, 5) is 9.54. The Kier molecular flexibility index (Phi) is 8.17. The zero-order valence-corrected chi connectivity index (χ0v) is 7.55. The topological polar surface area (TPSA) is 83.8 Å². The molecule has 0 rings (SSSR count). The van der Waals surface area contributed by atoms with E-state index in [1.165, 1.54) is 0 Å². The Morgan fingerprint density at radius 3 is 2.22 bits per heavy atom. The van der Waals surface area contributed by atoms with E-state index >= 15 is 0 Å². The third-order valence-electron chi connectivity index (χ3n) is 0.305. The van der Waals surface area contributed by atoms with Gasteiger partial charge in [-0.3, -0.25) is 4.79 Å². The molecule has 1 N–H and O–H groups in total. The molecule has 0 saturated carbocycles. The molecule has 7 heteroatoms. The molecule has 0 amide bonds. The SMILES string of the molecule is O=C(O)CN=S(=O)=O.[H-].[Na+]. The largest absolute Gasteiger partial charge is 1.00 e. The Hall–Kier alpha value is 0.0900. The molecule has 0 aromatic heterocycles. The van der Waals surface area contributed by atoms with Crippen molar-refractivity contribution in [2.45, 2.75) is 0 Å². The molecular weight excluding hydrogens is 157 g/mol. The summed E-state index contributed by atoms with van der Waals surface area (Å²) in [6, 6.07) is 0. The summed E-state index contributed by atoms with van der Waals surface area (Å²) in [6.45, 7) is -0.684. The minimum atomic E-state index is -2.59. The molecule has 0 atom stereocenters. The first-order valence-corrected chi connectivity index (χ1v) is 2.65. The van der Waals surface area contributed by atoms with Gasteiger partial charge in [-0.1, -0.05) is 0 Å². The van der Waals surface area contributed by atoms with Crippen molar-refractivity contribution in [1.82, 2.24) is 0 Å². The third-order valence-corrected chi connectivity index (χ3v) is 0.645. The molecule has 0 fully saturated rings. The molecule has 0 aliphatic rings. The van der Waals surface area contributed by atoms with Crippen molar-refractivity contribution in [1.29, 1.82) is 0 Å². The van der Waals surface area contributed by atoms with Gasteiger partial charge in [0.2, 0.25) is 0 Å². The molecule has 5 nitrogen and oxygen atoms in total. The molecule has 0 spiro atoms. The van der Waals surface area contributed by atoms with Crippen LogP contribution in [0, 0.1) is 0 Å². The van der Waals surface area contributed by atoms with Gasteiger partial charge in [-0.15, -0.1) is 0 Å². The summed E-state index contributed by atoms with van der Waals surface area (Å²) >= 11 is 0. The summed E-state index contributed by atoms with van der Waals surface area (Å²) in [5, 5.41) is 7.80. The maximum absolute atomic E-state index is 9.54. The molecule has 0 unspecified atom stereocenters. The average molecular weight is 161 g/mol. The fraction of sp³-hybridized carbons (Fsp3) is 0.500. The van der Waals surface area contributed by atoms with Gasteiger partial charge in [0.05, 0.1) is 0 Å². The van der Waals surface area contributed by atoms with E-state index in [9.17, 15) is 13.2 Å². The maximum Gasteiger partial charge on any atom is 1.00 e. The van der Waals surface area contributed by atoms with Crippen LogP contribution in [0.4, 0.5) is 0 Å². The third kappa shape index (κ3) is 11.6. The molecular formula is C2H4NNaO4S. The molecule has 0 aliphatic heterocycles. The molecule has 0 aliphatic carbocycles. The van der Waals surface area contributed by atoms with Gasteiger partial charge in [0.1, 0.15) is 0 Å². The Morgan fingerprint density at radius 2 is 2.11 bits per heavy atom. The fourth-order valence-corrected chi connectivity index (χ4v) is 0.324. The van der Waals surface area contributed by atoms with Crippen LogP contribution in [0.3, 0.4) is 0 Å². The number of carbonyl (C=O) groups is 1. The average Bonchev–Trinajstić information content (AvgIpc) is 1.61. The minimum Gasteiger partial charge on any atom is -1.00 e. The summed E-state index contributed by atoms with van der Waals surface area (Å²) in [5.41, 5.74) is 0. The van der Waals surface area contributed by atoms with E-state index in [1.807, 2.05) is 0 Å². The zero-order chi connectivity index (χ0) is 6.57. The van der Waals surface area contributed by atoms with Crippen molar-refractivity contribution < 1.29 is 49.3 Å². The quantitative estimate of drug-likeness (QED) is 0.422. The van der Waals surface area contributed by atoms with Crippen LogP contribution >= 0.6 is 0 Å². The Labute approximate surface area is 76.6 Å². The van der Waals surface area contributed by atoms with Crippen molar-refractivity contribution >= 4 is 16.5 Å². The van der Waals surface area contributed by atoms with Crippen LogP contribution in [0.2, 0.25) is 0 Å². The van der Waals surface area contributed by atoms with Gasteiger partial charge < -0.3 is 6.53 Å². The van der Waals surface area contributed by atoms with Crippen LogP contribution < -0.4 is 29.6 Å². The van der Waals surface area contributed by atoms with E-state index in [4.69, 9.17) is 5.11 Å². The van der Waals surface area contributed by atoms with Crippen molar-refractivity contribution in [3.8, 4) is 0 Å². The van der Waals surface area contributed by atoms with Gasteiger partial charge >= 0.3 is 46.0 Å². The maximum atomic E-state index is 9.54. The number of nitrogens with zero attached hydrogens (tertiary/aromatic N) is 1. The zero-order valence-electron chi connectivity index (χ0n) is 5.73. The van der Waals surface area contributed by atoms with Crippen molar-refractivity contribution in [2.24, 2.45) is 4.36 Å². The molecule has 0 radical (unpaired) electrons. The van der Waals surface area contributed by atoms with E-state index in [2.05, 4.69) is 4.36 Å². The number of hydrogen-bond acceptors (Lipinski definition) is 4. The predicted octanol–water partition coefficient (Wildman–Crippen LogP) is -3.75. The summed E-state index contributed by atoms with van der Waals surface area (Å²) in [6.07, 6.45) is 0. The Bertz CT molecular complexity index is 203. The van der Waals surface area contributed by atoms with Gasteiger partial charge in [0, 0.05) is 0 Å². The standard InChI is InChI=1S/C2H3NO4S.Na.H/c4-2(5)1-3-8(6)7;;/h1H2,(H,4,5);;/q;+1;-1. The first kappa shape index (κ1) is 11.8. The first-order valence-electron chi connectivity index (χ1n) is 1.61. The smallest absolute Gasteiger partial charge is 1.00 e. The van der Waals surface area contributed by atoms with Gasteiger partial charge in [-0.2, -0.15) is 12.8 Å². The molecule has 48 valence electrons. The minimum absolute atomic E-state index is 0. The predicted molar refractivity (Wildman–Crippen MR) is 25.0 cm³/mol. The van der Waals surface area contributed by atoms with E-state index in [1.54, 1.807) is 0 Å². The second kappa shape index (κ2) is 6.21. The first-order chi connectivity index (χ1) is 3.63. The van der Waals surface area contributed by atoms with Crippen molar-refractivity contribution in [3.05, 3.63) is 0 Å². The van der Waals surface area contributed by atoms with Crippen molar-refractivity contribution in [2.75, 3.05) is 6.54 Å². The Morgan fingerprint density at radius 1 is 1.67 bits per heavy atom. The van der Waals surface area contributed by atoms with E-state index in [0.717, 1.165) is 0 Å². The monoisotopic (exact) mass is 161 g/mol. The van der Waals surface area contributed by atoms with E-state index in [-0.39, 0.29) is 31.0 Å². The molecule has 0 heterocycles. The normalized spacial score (nSPS) is 7.11. The number of carboxylic acid groups (broad SMARTS) is 1. The summed E-state index contributed by atoms with van der Waals surface area (Å²) < 4.78 is 21.6. The van der Waals surface area contributed by atoms with Gasteiger partial charge in [0.25, 0.3) is 0 Å². The molecule has 9 heavy (non-hydrogen) atoms. The number of aliphatic carboxylic acids is 1. The van der Waals surface area contributed by atoms with Crippen LogP contribution in [0.1, 0.15) is 1.43 Å². The molecule has 0 aromatic carbocycles. The van der Waals surface area contributed by atoms with E-state index < -0.39 is 23.0 Å². The van der Waals surface area contributed by atoms with Gasteiger partial charge in [0.15, 0.2) is 6.54 Å². The molecule has 0 saturated heterocycles.